The topological polar surface area (TPSA) is 90.9 Å². The number of nitrogens with two attached hydrogens (primary N) is 1. The lowest BCUT2D eigenvalue weighted by Gasteiger charge is -2.40. The Hall–Kier alpha value is -0.810. The van der Waals surface area contributed by atoms with Crippen LogP contribution in [-0.2, 0) is 0 Å². The predicted octanol–water partition coefficient (Wildman–Crippen LogP) is 1.43. The van der Waals surface area contributed by atoms with E-state index in [0.29, 0.717) is 18.2 Å². The van der Waals surface area contributed by atoms with Crippen LogP contribution in [0.5, 0.6) is 0 Å². The van der Waals surface area contributed by atoms with E-state index >= 15 is 0 Å². The van der Waals surface area contributed by atoms with Gasteiger partial charge in [0.1, 0.15) is 5.84 Å². The summed E-state index contributed by atoms with van der Waals surface area (Å²) in [4.78, 5) is 0. The predicted molar refractivity (Wildman–Crippen MR) is 75.1 cm³/mol. The minimum atomic E-state index is -0.113. The van der Waals surface area contributed by atoms with Crippen molar-refractivity contribution in [1.82, 2.24) is 5.32 Å². The molecule has 5 N–H and O–H groups in total. The summed E-state index contributed by atoms with van der Waals surface area (Å²) >= 11 is 0. The van der Waals surface area contributed by atoms with Gasteiger partial charge in [-0.25, -0.2) is 0 Å². The van der Waals surface area contributed by atoms with E-state index in [2.05, 4.69) is 17.4 Å². The molecule has 110 valence electrons. The zero-order valence-corrected chi connectivity index (χ0v) is 11.9. The lowest BCUT2D eigenvalue weighted by Crippen LogP contribution is -2.53. The molecular weight excluding hydrogens is 242 g/mol. The Kier molecular flexibility index (Phi) is 4.36. The van der Waals surface area contributed by atoms with Crippen molar-refractivity contribution in [3.05, 3.63) is 0 Å². The number of hydrogen-bond acceptors (Lipinski definition) is 4. The van der Waals surface area contributed by atoms with Crippen LogP contribution in [0.4, 0.5) is 0 Å². The van der Waals surface area contributed by atoms with Crippen LogP contribution in [0.3, 0.4) is 0 Å². The standard InChI is InChI=1S/C14H27N3O2/c1-11-3-2-4-14(7-11,10-18)16-9-13(5-6-13)8-12(15)17-19/h11,16,18-19H,2-10H2,1H3,(H2,15,17). The molecule has 0 aromatic rings. The normalized spacial score (nSPS) is 34.2. The molecule has 2 aliphatic carbocycles. The van der Waals surface area contributed by atoms with Crippen LogP contribution in [0.1, 0.15) is 51.9 Å². The van der Waals surface area contributed by atoms with Gasteiger partial charge in [0.2, 0.25) is 0 Å². The molecule has 0 amide bonds. The first-order chi connectivity index (χ1) is 9.03. The lowest BCUT2D eigenvalue weighted by molar-refractivity contribution is 0.0943. The molecule has 2 rings (SSSR count). The minimum Gasteiger partial charge on any atom is -0.409 e. The monoisotopic (exact) mass is 269 g/mol. The number of amidine groups is 1. The maximum Gasteiger partial charge on any atom is 0.139 e. The quantitative estimate of drug-likeness (QED) is 0.254. The second-order valence-electron chi connectivity index (χ2n) is 6.76. The van der Waals surface area contributed by atoms with Crippen LogP contribution in [-0.4, -0.2) is 34.8 Å². The van der Waals surface area contributed by atoms with Crippen molar-refractivity contribution in [1.29, 1.82) is 0 Å². The van der Waals surface area contributed by atoms with E-state index in [4.69, 9.17) is 10.9 Å². The van der Waals surface area contributed by atoms with Crippen LogP contribution in [0.2, 0.25) is 0 Å². The largest absolute Gasteiger partial charge is 0.409 e. The molecule has 0 aromatic carbocycles. The summed E-state index contributed by atoms with van der Waals surface area (Å²) in [5.74, 6) is 0.988. The average molecular weight is 269 g/mol. The maximum atomic E-state index is 9.75. The third-order valence-corrected chi connectivity index (χ3v) is 4.87. The SMILES string of the molecule is CC1CCCC(CO)(NCC2(CC(N)=NO)CC2)C1. The highest BCUT2D eigenvalue weighted by Gasteiger charge is 2.45. The molecule has 2 atom stereocenters. The fraction of sp³-hybridized carbons (Fsp3) is 0.929. The van der Waals surface area contributed by atoms with Gasteiger partial charge in [0.15, 0.2) is 0 Å². The number of oxime groups is 1. The molecule has 19 heavy (non-hydrogen) atoms. The molecule has 0 aromatic heterocycles. The highest BCUT2D eigenvalue weighted by Crippen LogP contribution is 2.48. The van der Waals surface area contributed by atoms with E-state index in [1.54, 1.807) is 0 Å². The summed E-state index contributed by atoms with van der Waals surface area (Å²) in [5.41, 5.74) is 5.66. The first-order valence-electron chi connectivity index (χ1n) is 7.35. The highest BCUT2D eigenvalue weighted by molar-refractivity contribution is 5.80. The number of aliphatic hydroxyl groups is 1. The molecule has 0 bridgehead atoms. The van der Waals surface area contributed by atoms with E-state index in [0.717, 1.165) is 32.2 Å². The Labute approximate surface area is 115 Å². The molecule has 2 fully saturated rings. The number of hydrogen-bond donors (Lipinski definition) is 4. The van der Waals surface area contributed by atoms with Crippen molar-refractivity contribution in [2.75, 3.05) is 13.2 Å². The second-order valence-corrected chi connectivity index (χ2v) is 6.76. The second kappa shape index (κ2) is 5.67. The van der Waals surface area contributed by atoms with Gasteiger partial charge in [-0.15, -0.1) is 0 Å². The molecule has 0 spiro atoms. The summed E-state index contributed by atoms with van der Waals surface area (Å²) in [6.07, 6.45) is 7.42. The van der Waals surface area contributed by atoms with Gasteiger partial charge in [0.05, 0.1) is 6.61 Å². The number of nitrogens with one attached hydrogen (secondary N) is 1. The van der Waals surface area contributed by atoms with Gasteiger partial charge in [-0.3, -0.25) is 0 Å². The highest BCUT2D eigenvalue weighted by atomic mass is 16.4. The number of rotatable bonds is 6. The maximum absolute atomic E-state index is 9.75. The fourth-order valence-corrected chi connectivity index (χ4v) is 3.41. The summed E-state index contributed by atoms with van der Waals surface area (Å²) in [7, 11) is 0. The van der Waals surface area contributed by atoms with E-state index < -0.39 is 0 Å². The van der Waals surface area contributed by atoms with Gasteiger partial charge in [0.25, 0.3) is 0 Å². The third kappa shape index (κ3) is 3.60. The van der Waals surface area contributed by atoms with Crippen molar-refractivity contribution in [3.63, 3.8) is 0 Å². The number of nitrogens with zero attached hydrogens (tertiary/aromatic N) is 1. The zero-order chi connectivity index (χ0) is 13.9. The zero-order valence-electron chi connectivity index (χ0n) is 11.9. The molecule has 5 nitrogen and oxygen atoms in total. The van der Waals surface area contributed by atoms with E-state index in [-0.39, 0.29) is 17.6 Å². The Morgan fingerprint density at radius 3 is 2.68 bits per heavy atom. The first kappa shape index (κ1) is 14.6. The Morgan fingerprint density at radius 2 is 2.16 bits per heavy atom. The van der Waals surface area contributed by atoms with Gasteiger partial charge < -0.3 is 21.4 Å². The summed E-state index contributed by atoms with van der Waals surface area (Å²) in [5, 5.41) is 25.1. The summed E-state index contributed by atoms with van der Waals surface area (Å²) in [6.45, 7) is 3.32. The van der Waals surface area contributed by atoms with Gasteiger partial charge in [-0.05, 0) is 37.0 Å². The first-order valence-corrected chi connectivity index (χ1v) is 7.35. The molecule has 2 saturated carbocycles. The van der Waals surface area contributed by atoms with Crippen LogP contribution in [0.15, 0.2) is 5.16 Å². The Balaban J connectivity index is 1.89. The molecule has 0 heterocycles. The molecule has 2 unspecified atom stereocenters. The average Bonchev–Trinajstić information content (AvgIpc) is 3.17. The van der Waals surface area contributed by atoms with Crippen LogP contribution < -0.4 is 11.1 Å². The van der Waals surface area contributed by atoms with Crippen molar-refractivity contribution in [3.8, 4) is 0 Å². The van der Waals surface area contributed by atoms with E-state index in [9.17, 15) is 5.11 Å². The third-order valence-electron chi connectivity index (χ3n) is 4.87. The van der Waals surface area contributed by atoms with Gasteiger partial charge in [-0.1, -0.05) is 24.9 Å². The van der Waals surface area contributed by atoms with Crippen molar-refractivity contribution >= 4 is 5.84 Å². The van der Waals surface area contributed by atoms with Gasteiger partial charge in [0, 0.05) is 18.5 Å². The van der Waals surface area contributed by atoms with E-state index in [1.807, 2.05) is 0 Å². The Morgan fingerprint density at radius 1 is 1.42 bits per heavy atom. The van der Waals surface area contributed by atoms with Crippen molar-refractivity contribution in [2.24, 2.45) is 22.2 Å². The van der Waals surface area contributed by atoms with E-state index in [1.165, 1.54) is 12.8 Å². The minimum absolute atomic E-state index is 0.113. The molecule has 0 radical (unpaired) electrons. The molecular formula is C14H27N3O2. The smallest absolute Gasteiger partial charge is 0.139 e. The molecule has 0 aliphatic heterocycles. The van der Waals surface area contributed by atoms with Gasteiger partial charge in [-0.2, -0.15) is 0 Å². The van der Waals surface area contributed by atoms with Crippen LogP contribution in [0, 0.1) is 11.3 Å². The summed E-state index contributed by atoms with van der Waals surface area (Å²) in [6, 6.07) is 0. The van der Waals surface area contributed by atoms with Crippen LogP contribution in [0.25, 0.3) is 0 Å². The molecule has 0 saturated heterocycles. The fourth-order valence-electron chi connectivity index (χ4n) is 3.41. The molecule has 2 aliphatic rings. The molecule has 5 heteroatoms. The lowest BCUT2D eigenvalue weighted by atomic mass is 9.76. The number of aliphatic hydroxyl groups excluding tert-OH is 1. The van der Waals surface area contributed by atoms with Gasteiger partial charge >= 0.3 is 0 Å². The van der Waals surface area contributed by atoms with Crippen molar-refractivity contribution in [2.45, 2.75) is 57.4 Å². The Bertz CT molecular complexity index is 342. The van der Waals surface area contributed by atoms with Crippen LogP contribution >= 0.6 is 0 Å². The van der Waals surface area contributed by atoms with Crippen molar-refractivity contribution < 1.29 is 10.3 Å². The summed E-state index contributed by atoms with van der Waals surface area (Å²) < 4.78 is 0.